The molecule has 1 heterocycles. The molecule has 0 fully saturated rings. The van der Waals surface area contributed by atoms with E-state index >= 15 is 0 Å². The third-order valence-corrected chi connectivity index (χ3v) is 5.26. The molecule has 0 amide bonds. The summed E-state index contributed by atoms with van der Waals surface area (Å²) in [5.74, 6) is -1.79. The third kappa shape index (κ3) is 6.23. The van der Waals surface area contributed by atoms with E-state index in [4.69, 9.17) is 16.3 Å². The number of carbonyl (C=O) groups excluding carboxylic acids is 2. The lowest BCUT2D eigenvalue weighted by Crippen LogP contribution is -2.39. The Morgan fingerprint density at radius 2 is 1.94 bits per heavy atom. The van der Waals surface area contributed by atoms with Gasteiger partial charge in [-0.1, -0.05) is 12.1 Å². The van der Waals surface area contributed by atoms with Crippen LogP contribution in [0.3, 0.4) is 0 Å². The zero-order valence-corrected chi connectivity index (χ0v) is 19.4. The van der Waals surface area contributed by atoms with E-state index in [9.17, 15) is 19.7 Å². The topological polar surface area (TPSA) is 98.9 Å². The van der Waals surface area contributed by atoms with Crippen molar-refractivity contribution in [1.29, 1.82) is 0 Å². The number of nitrogens with zero attached hydrogens (tertiary/aromatic N) is 2. The standard InChI is InChI=1S/C23H29ClN2O5/c1-14-19(22(28)31-23(3,4)5)21(16-9-8-10-17(13-16)26(29)30)20(15(2)27)18(25-14)11-6-7-12-24/h8-10,13,19,21H,6-7,11-12H2,1-5H3. The van der Waals surface area contributed by atoms with Crippen LogP contribution in [0.15, 0.2) is 40.5 Å². The van der Waals surface area contributed by atoms with Crippen molar-refractivity contribution < 1.29 is 19.2 Å². The lowest BCUT2D eigenvalue weighted by Gasteiger charge is -2.34. The molecule has 31 heavy (non-hydrogen) atoms. The van der Waals surface area contributed by atoms with E-state index < -0.39 is 28.3 Å². The number of aliphatic imine (C=N–C) groups is 1. The molecule has 2 rings (SSSR count). The van der Waals surface area contributed by atoms with E-state index in [1.54, 1.807) is 39.8 Å². The van der Waals surface area contributed by atoms with Crippen LogP contribution >= 0.6 is 11.6 Å². The molecule has 0 radical (unpaired) electrons. The van der Waals surface area contributed by atoms with Gasteiger partial charge in [-0.3, -0.25) is 24.7 Å². The van der Waals surface area contributed by atoms with Crippen LogP contribution in [-0.4, -0.2) is 33.9 Å². The van der Waals surface area contributed by atoms with Crippen LogP contribution in [-0.2, 0) is 14.3 Å². The Labute approximate surface area is 187 Å². The van der Waals surface area contributed by atoms with Gasteiger partial charge >= 0.3 is 5.97 Å². The highest BCUT2D eigenvalue weighted by atomic mass is 35.5. The first-order valence-electron chi connectivity index (χ1n) is 10.3. The SMILES string of the molecule is CC(=O)C1=C(CCCCCl)N=C(C)C(C(=O)OC(C)(C)C)C1c1cccc([N+](=O)[O-])c1. The van der Waals surface area contributed by atoms with Crippen molar-refractivity contribution in [2.75, 3.05) is 5.88 Å². The molecule has 1 aliphatic rings. The molecule has 1 aliphatic heterocycles. The van der Waals surface area contributed by atoms with Crippen molar-refractivity contribution in [3.8, 4) is 0 Å². The van der Waals surface area contributed by atoms with Crippen molar-refractivity contribution in [3.05, 3.63) is 51.2 Å². The molecule has 0 saturated carbocycles. The number of ketones is 1. The number of allylic oxidation sites excluding steroid dienone is 2. The Morgan fingerprint density at radius 3 is 2.48 bits per heavy atom. The van der Waals surface area contributed by atoms with Gasteiger partial charge in [0.25, 0.3) is 5.69 Å². The lowest BCUT2D eigenvalue weighted by molar-refractivity contribution is -0.384. The average Bonchev–Trinajstić information content (AvgIpc) is 2.65. The van der Waals surface area contributed by atoms with E-state index in [1.807, 2.05) is 0 Å². The van der Waals surface area contributed by atoms with Crippen molar-refractivity contribution in [3.63, 3.8) is 0 Å². The van der Waals surface area contributed by atoms with E-state index in [-0.39, 0.29) is 11.5 Å². The van der Waals surface area contributed by atoms with Gasteiger partial charge in [0.05, 0.1) is 4.92 Å². The molecule has 1 aromatic carbocycles. The van der Waals surface area contributed by atoms with Crippen LogP contribution in [0.4, 0.5) is 5.69 Å². The Hall–Kier alpha value is -2.54. The van der Waals surface area contributed by atoms with E-state index in [0.29, 0.717) is 34.8 Å². The second kappa shape index (κ2) is 10.2. The van der Waals surface area contributed by atoms with E-state index in [1.165, 1.54) is 19.1 Å². The fourth-order valence-electron chi connectivity index (χ4n) is 3.79. The largest absolute Gasteiger partial charge is 0.459 e. The number of nitro groups is 1. The number of hydrogen-bond acceptors (Lipinski definition) is 6. The summed E-state index contributed by atoms with van der Waals surface area (Å²) in [7, 11) is 0. The normalized spacial score (nSPS) is 19.1. The first kappa shape index (κ1) is 24.7. The highest BCUT2D eigenvalue weighted by Gasteiger charge is 2.42. The molecule has 0 saturated heterocycles. The number of carbonyl (C=O) groups is 2. The van der Waals surface area contributed by atoms with Crippen molar-refractivity contribution in [1.82, 2.24) is 0 Å². The summed E-state index contributed by atoms with van der Waals surface area (Å²) in [5.41, 5.74) is 1.21. The summed E-state index contributed by atoms with van der Waals surface area (Å²) in [4.78, 5) is 41.4. The number of Topliss-reactive ketones (excluding diaryl/α,β-unsaturated/α-hetero) is 1. The maximum absolute atomic E-state index is 13.2. The summed E-state index contributed by atoms with van der Waals surface area (Å²) < 4.78 is 5.63. The van der Waals surface area contributed by atoms with Gasteiger partial charge in [-0.25, -0.2) is 0 Å². The molecule has 0 aromatic heterocycles. The van der Waals surface area contributed by atoms with Crippen LogP contribution in [0.25, 0.3) is 0 Å². The molecule has 2 unspecified atom stereocenters. The molecule has 0 N–H and O–H groups in total. The maximum Gasteiger partial charge on any atom is 0.316 e. The highest BCUT2D eigenvalue weighted by molar-refractivity contribution is 6.17. The summed E-state index contributed by atoms with van der Waals surface area (Å²) in [5, 5.41) is 11.4. The van der Waals surface area contributed by atoms with Crippen LogP contribution in [0.2, 0.25) is 0 Å². The summed E-state index contributed by atoms with van der Waals surface area (Å²) in [6.45, 7) is 8.46. The predicted octanol–water partition coefficient (Wildman–Crippen LogP) is 5.36. The molecule has 2 atom stereocenters. The Balaban J connectivity index is 2.67. The number of rotatable bonds is 8. The zero-order valence-electron chi connectivity index (χ0n) is 18.6. The molecule has 7 nitrogen and oxygen atoms in total. The van der Waals surface area contributed by atoms with E-state index in [0.717, 1.165) is 12.8 Å². The van der Waals surface area contributed by atoms with Gasteiger partial charge in [0.15, 0.2) is 5.78 Å². The van der Waals surface area contributed by atoms with Gasteiger partial charge in [-0.05, 0) is 59.4 Å². The first-order valence-corrected chi connectivity index (χ1v) is 10.8. The number of halogens is 1. The van der Waals surface area contributed by atoms with Crippen LogP contribution < -0.4 is 0 Å². The molecule has 8 heteroatoms. The molecule has 168 valence electrons. The van der Waals surface area contributed by atoms with Crippen LogP contribution in [0, 0.1) is 16.0 Å². The number of ether oxygens (including phenoxy) is 1. The van der Waals surface area contributed by atoms with E-state index in [2.05, 4.69) is 4.99 Å². The minimum absolute atomic E-state index is 0.104. The number of benzene rings is 1. The smallest absolute Gasteiger partial charge is 0.316 e. The summed E-state index contributed by atoms with van der Waals surface area (Å²) >= 11 is 5.80. The quantitative estimate of drug-likeness (QED) is 0.175. The molecular formula is C23H29ClN2O5. The Morgan fingerprint density at radius 1 is 1.26 bits per heavy atom. The maximum atomic E-state index is 13.2. The number of non-ortho nitro benzene ring substituents is 1. The number of unbranched alkanes of at least 4 members (excludes halogenated alkanes) is 1. The number of hydrogen-bond donors (Lipinski definition) is 0. The third-order valence-electron chi connectivity index (χ3n) is 4.99. The van der Waals surface area contributed by atoms with Crippen LogP contribution in [0.5, 0.6) is 0 Å². The van der Waals surface area contributed by atoms with Crippen molar-refractivity contribution in [2.45, 2.75) is 65.4 Å². The molecule has 0 bridgehead atoms. The number of alkyl halides is 1. The molecule has 1 aromatic rings. The van der Waals surface area contributed by atoms with Crippen molar-refractivity contribution in [2.24, 2.45) is 10.9 Å². The second-order valence-electron chi connectivity index (χ2n) is 8.66. The molecular weight excluding hydrogens is 420 g/mol. The fraction of sp³-hybridized carbons (Fsp3) is 0.522. The number of esters is 1. The Bertz CT molecular complexity index is 930. The zero-order chi connectivity index (χ0) is 23.3. The van der Waals surface area contributed by atoms with Gasteiger partial charge in [0.1, 0.15) is 11.5 Å². The minimum Gasteiger partial charge on any atom is -0.459 e. The second-order valence-corrected chi connectivity index (χ2v) is 9.03. The fourth-order valence-corrected chi connectivity index (χ4v) is 3.98. The van der Waals surface area contributed by atoms with Crippen molar-refractivity contribution >= 4 is 34.8 Å². The lowest BCUT2D eigenvalue weighted by atomic mass is 9.74. The monoisotopic (exact) mass is 448 g/mol. The molecule has 0 aliphatic carbocycles. The van der Waals surface area contributed by atoms with Gasteiger partial charge < -0.3 is 4.74 Å². The van der Waals surface area contributed by atoms with Gasteiger partial charge in [-0.15, -0.1) is 11.6 Å². The first-order chi connectivity index (χ1) is 14.5. The minimum atomic E-state index is -0.850. The van der Waals surface area contributed by atoms with Gasteiger partial charge in [0, 0.05) is 40.9 Å². The Kier molecular flexibility index (Phi) is 8.12. The summed E-state index contributed by atoms with van der Waals surface area (Å²) in [6.07, 6.45) is 2.04. The summed E-state index contributed by atoms with van der Waals surface area (Å²) in [6, 6.07) is 6.06. The molecule has 0 spiro atoms. The number of nitro benzene ring substituents is 1. The predicted molar refractivity (Wildman–Crippen MR) is 121 cm³/mol. The van der Waals surface area contributed by atoms with Crippen LogP contribution in [0.1, 0.15) is 65.4 Å². The highest BCUT2D eigenvalue weighted by Crippen LogP contribution is 2.42. The van der Waals surface area contributed by atoms with Gasteiger partial charge in [0.2, 0.25) is 0 Å². The average molecular weight is 449 g/mol. The van der Waals surface area contributed by atoms with Gasteiger partial charge in [-0.2, -0.15) is 0 Å².